The van der Waals surface area contributed by atoms with Crippen molar-refractivity contribution in [3.8, 4) is 0 Å². The predicted octanol–water partition coefficient (Wildman–Crippen LogP) is 4.84. The highest BCUT2D eigenvalue weighted by molar-refractivity contribution is 6.30. The largest absolute Gasteiger partial charge is 0.392 e. The Bertz CT molecular complexity index is 439. The number of hydrogen-bond donors (Lipinski definition) is 1. The average Bonchev–Trinajstić information content (AvgIpc) is 2.43. The second-order valence-corrected chi connectivity index (χ2v) is 6.86. The van der Waals surface area contributed by atoms with Gasteiger partial charge in [-0.15, -0.1) is 0 Å². The first kappa shape index (κ1) is 15.8. The molecule has 2 rings (SSSR count). The molecule has 1 aliphatic rings. The van der Waals surface area contributed by atoms with E-state index in [1.807, 2.05) is 0 Å². The third-order valence-electron chi connectivity index (χ3n) is 4.74. The third-order valence-corrected chi connectivity index (χ3v) is 4.98. The van der Waals surface area contributed by atoms with E-state index in [9.17, 15) is 9.50 Å². The smallest absolute Gasteiger partial charge is 0.126 e. The maximum absolute atomic E-state index is 13.7. The summed E-state index contributed by atoms with van der Waals surface area (Å²) < 4.78 is 13.7. The molecule has 0 heterocycles. The van der Waals surface area contributed by atoms with E-state index in [0.29, 0.717) is 22.9 Å². The Balaban J connectivity index is 1.92. The zero-order valence-electron chi connectivity index (χ0n) is 12.3. The summed E-state index contributed by atoms with van der Waals surface area (Å²) in [5.41, 5.74) is 0.524. The van der Waals surface area contributed by atoms with Crippen LogP contribution in [0.5, 0.6) is 0 Å². The van der Waals surface area contributed by atoms with E-state index in [4.69, 9.17) is 11.6 Å². The average molecular weight is 299 g/mol. The van der Waals surface area contributed by atoms with Gasteiger partial charge in [0, 0.05) is 11.4 Å². The monoisotopic (exact) mass is 298 g/mol. The van der Waals surface area contributed by atoms with E-state index < -0.39 is 6.10 Å². The number of halogens is 2. The lowest BCUT2D eigenvalue weighted by molar-refractivity contribution is 0.0669. The van der Waals surface area contributed by atoms with Crippen molar-refractivity contribution in [2.24, 2.45) is 17.8 Å². The van der Waals surface area contributed by atoms with E-state index in [1.165, 1.54) is 18.9 Å². The summed E-state index contributed by atoms with van der Waals surface area (Å²) in [5, 5.41) is 10.9. The minimum atomic E-state index is -0.462. The summed E-state index contributed by atoms with van der Waals surface area (Å²) in [5.74, 6) is 1.52. The van der Waals surface area contributed by atoms with Crippen LogP contribution >= 0.6 is 11.6 Å². The topological polar surface area (TPSA) is 20.2 Å². The molecular formula is C17H24ClFO. The molecule has 1 aromatic rings. The van der Waals surface area contributed by atoms with Crippen molar-refractivity contribution in [3.63, 3.8) is 0 Å². The fourth-order valence-electron chi connectivity index (χ4n) is 3.29. The van der Waals surface area contributed by atoms with E-state index in [2.05, 4.69) is 13.8 Å². The summed E-state index contributed by atoms with van der Waals surface area (Å²) in [6.07, 6.45) is 4.35. The molecule has 0 radical (unpaired) electrons. The van der Waals surface area contributed by atoms with Gasteiger partial charge in [-0.2, -0.15) is 0 Å². The molecule has 1 nitrogen and oxygen atoms in total. The Hall–Kier alpha value is -0.600. The van der Waals surface area contributed by atoms with Gasteiger partial charge in [0.05, 0.1) is 6.10 Å². The molecule has 1 atom stereocenters. The molecule has 1 N–H and O–H groups in total. The van der Waals surface area contributed by atoms with Crippen LogP contribution in [-0.2, 0) is 6.42 Å². The number of aliphatic hydroxyl groups is 1. The highest BCUT2D eigenvalue weighted by atomic mass is 35.5. The molecule has 3 heteroatoms. The van der Waals surface area contributed by atoms with Crippen LogP contribution in [0.15, 0.2) is 18.2 Å². The van der Waals surface area contributed by atoms with Gasteiger partial charge in [0.1, 0.15) is 5.82 Å². The van der Waals surface area contributed by atoms with Gasteiger partial charge in [0.25, 0.3) is 0 Å². The van der Waals surface area contributed by atoms with Gasteiger partial charge < -0.3 is 5.11 Å². The van der Waals surface area contributed by atoms with Crippen molar-refractivity contribution in [1.29, 1.82) is 0 Å². The Morgan fingerprint density at radius 3 is 2.40 bits per heavy atom. The van der Waals surface area contributed by atoms with Gasteiger partial charge in [-0.25, -0.2) is 4.39 Å². The maximum atomic E-state index is 13.7. The zero-order valence-corrected chi connectivity index (χ0v) is 13.0. The molecule has 0 amide bonds. The van der Waals surface area contributed by atoms with Crippen molar-refractivity contribution >= 4 is 11.6 Å². The van der Waals surface area contributed by atoms with Crippen LogP contribution in [0.4, 0.5) is 4.39 Å². The fraction of sp³-hybridized carbons (Fsp3) is 0.647. The second-order valence-electron chi connectivity index (χ2n) is 6.43. The minimum Gasteiger partial charge on any atom is -0.392 e. The van der Waals surface area contributed by atoms with Crippen LogP contribution in [0.1, 0.15) is 45.1 Å². The summed E-state index contributed by atoms with van der Waals surface area (Å²) in [6, 6.07) is 4.54. The van der Waals surface area contributed by atoms with Gasteiger partial charge in [-0.3, -0.25) is 0 Å². The van der Waals surface area contributed by atoms with E-state index in [-0.39, 0.29) is 5.82 Å². The first-order valence-corrected chi connectivity index (χ1v) is 7.97. The van der Waals surface area contributed by atoms with E-state index in [1.54, 1.807) is 12.1 Å². The van der Waals surface area contributed by atoms with Crippen LogP contribution in [0.3, 0.4) is 0 Å². The Kier molecular flexibility index (Phi) is 5.45. The molecular weight excluding hydrogens is 275 g/mol. The van der Waals surface area contributed by atoms with Crippen molar-refractivity contribution in [3.05, 3.63) is 34.6 Å². The van der Waals surface area contributed by atoms with Crippen LogP contribution in [0.25, 0.3) is 0 Å². The number of hydrogen-bond acceptors (Lipinski definition) is 1. The SMILES string of the molecule is CC(C)C1CCC(C(O)Cc2cc(Cl)ccc2F)CC1. The molecule has 0 saturated heterocycles. The standard InChI is InChI=1S/C17H24ClFO/c1-11(2)12-3-5-13(6-4-12)17(20)10-14-9-15(18)7-8-16(14)19/h7-9,11-13,17,20H,3-6,10H2,1-2H3. The van der Waals surface area contributed by atoms with Gasteiger partial charge in [0.2, 0.25) is 0 Å². The highest BCUT2D eigenvalue weighted by Gasteiger charge is 2.28. The number of rotatable bonds is 4. The Morgan fingerprint density at radius 1 is 1.20 bits per heavy atom. The molecule has 20 heavy (non-hydrogen) atoms. The Morgan fingerprint density at radius 2 is 1.80 bits per heavy atom. The summed E-state index contributed by atoms with van der Waals surface area (Å²) in [6.45, 7) is 4.53. The molecule has 0 aromatic heterocycles. The lowest BCUT2D eigenvalue weighted by atomic mass is 9.74. The molecule has 1 aromatic carbocycles. The molecule has 0 bridgehead atoms. The van der Waals surface area contributed by atoms with Crippen LogP contribution < -0.4 is 0 Å². The van der Waals surface area contributed by atoms with Crippen molar-refractivity contribution in [2.45, 2.75) is 52.1 Å². The first-order chi connectivity index (χ1) is 9.47. The van der Waals surface area contributed by atoms with Crippen LogP contribution in [0.2, 0.25) is 5.02 Å². The first-order valence-electron chi connectivity index (χ1n) is 7.59. The molecule has 1 aliphatic carbocycles. The molecule has 0 aliphatic heterocycles. The zero-order chi connectivity index (χ0) is 14.7. The third kappa shape index (κ3) is 3.95. The lowest BCUT2D eigenvalue weighted by Crippen LogP contribution is -2.29. The van der Waals surface area contributed by atoms with Gasteiger partial charge in [-0.05, 0) is 67.2 Å². The van der Waals surface area contributed by atoms with Gasteiger partial charge in [-0.1, -0.05) is 25.4 Å². The molecule has 0 spiro atoms. The minimum absolute atomic E-state index is 0.274. The molecule has 1 saturated carbocycles. The van der Waals surface area contributed by atoms with Crippen LogP contribution in [0, 0.1) is 23.6 Å². The van der Waals surface area contributed by atoms with Crippen LogP contribution in [-0.4, -0.2) is 11.2 Å². The van der Waals surface area contributed by atoms with E-state index >= 15 is 0 Å². The molecule has 1 unspecified atom stereocenters. The summed E-state index contributed by atoms with van der Waals surface area (Å²) >= 11 is 5.89. The van der Waals surface area contributed by atoms with E-state index in [0.717, 1.165) is 24.7 Å². The van der Waals surface area contributed by atoms with Crippen molar-refractivity contribution in [2.75, 3.05) is 0 Å². The second kappa shape index (κ2) is 6.91. The van der Waals surface area contributed by atoms with Crippen molar-refractivity contribution < 1.29 is 9.50 Å². The predicted molar refractivity (Wildman–Crippen MR) is 81.4 cm³/mol. The maximum Gasteiger partial charge on any atom is 0.126 e. The summed E-state index contributed by atoms with van der Waals surface area (Å²) in [4.78, 5) is 0. The Labute approximate surface area is 126 Å². The molecule has 112 valence electrons. The fourth-order valence-corrected chi connectivity index (χ4v) is 3.48. The van der Waals surface area contributed by atoms with Gasteiger partial charge >= 0.3 is 0 Å². The van der Waals surface area contributed by atoms with Gasteiger partial charge in [0.15, 0.2) is 0 Å². The number of aliphatic hydroxyl groups excluding tert-OH is 1. The molecule has 1 fully saturated rings. The summed E-state index contributed by atoms with van der Waals surface area (Å²) in [7, 11) is 0. The quantitative estimate of drug-likeness (QED) is 0.843. The number of benzene rings is 1. The highest BCUT2D eigenvalue weighted by Crippen LogP contribution is 2.35. The van der Waals surface area contributed by atoms with Crippen molar-refractivity contribution in [1.82, 2.24) is 0 Å². The normalized spacial score (nSPS) is 24.9. The lowest BCUT2D eigenvalue weighted by Gasteiger charge is -2.33.